The predicted molar refractivity (Wildman–Crippen MR) is 77.4 cm³/mol. The number of hydrogen-bond acceptors (Lipinski definition) is 2. The van der Waals surface area contributed by atoms with Crippen molar-refractivity contribution in [2.75, 3.05) is 5.75 Å². The van der Waals surface area contributed by atoms with Gasteiger partial charge in [-0.05, 0) is 28.3 Å². The van der Waals surface area contributed by atoms with E-state index in [2.05, 4.69) is 50.2 Å². The van der Waals surface area contributed by atoms with Crippen molar-refractivity contribution in [1.29, 1.82) is 0 Å². The standard InChI is InChI=1S/C15H19NS/c1-11(2)10-17-15-8-7-12(9-16)13-5-3-4-6-14(13)15/h3-8,11H,9-10,16H2,1-2H3. The van der Waals surface area contributed by atoms with E-state index >= 15 is 0 Å². The quantitative estimate of drug-likeness (QED) is 0.822. The third kappa shape index (κ3) is 2.82. The third-order valence-electron chi connectivity index (χ3n) is 2.77. The minimum Gasteiger partial charge on any atom is -0.326 e. The number of rotatable bonds is 4. The Hall–Kier alpha value is -0.990. The van der Waals surface area contributed by atoms with Gasteiger partial charge in [0.25, 0.3) is 0 Å². The zero-order valence-corrected chi connectivity index (χ0v) is 11.3. The molecule has 90 valence electrons. The Morgan fingerprint density at radius 1 is 1.06 bits per heavy atom. The zero-order valence-electron chi connectivity index (χ0n) is 10.4. The fraction of sp³-hybridized carbons (Fsp3) is 0.333. The van der Waals surface area contributed by atoms with E-state index in [4.69, 9.17) is 5.73 Å². The Bertz CT molecular complexity index is 505. The summed E-state index contributed by atoms with van der Waals surface area (Å²) in [6.45, 7) is 5.11. The van der Waals surface area contributed by atoms with Crippen LogP contribution in [0.15, 0.2) is 41.3 Å². The lowest BCUT2D eigenvalue weighted by atomic mass is 10.0. The molecule has 0 amide bonds. The van der Waals surface area contributed by atoms with E-state index in [1.165, 1.54) is 21.2 Å². The summed E-state index contributed by atoms with van der Waals surface area (Å²) in [6, 6.07) is 12.9. The van der Waals surface area contributed by atoms with Crippen molar-refractivity contribution in [3.05, 3.63) is 42.0 Å². The summed E-state index contributed by atoms with van der Waals surface area (Å²) in [6.07, 6.45) is 0. The van der Waals surface area contributed by atoms with Gasteiger partial charge in [-0.15, -0.1) is 11.8 Å². The molecule has 0 aromatic heterocycles. The van der Waals surface area contributed by atoms with Crippen molar-refractivity contribution in [1.82, 2.24) is 0 Å². The van der Waals surface area contributed by atoms with Crippen LogP contribution in [0.1, 0.15) is 19.4 Å². The summed E-state index contributed by atoms with van der Waals surface area (Å²) < 4.78 is 0. The van der Waals surface area contributed by atoms with Crippen molar-refractivity contribution in [3.8, 4) is 0 Å². The number of fused-ring (bicyclic) bond motifs is 1. The molecule has 2 aromatic carbocycles. The molecule has 0 aliphatic heterocycles. The average molecular weight is 245 g/mol. The van der Waals surface area contributed by atoms with Crippen LogP contribution >= 0.6 is 11.8 Å². The van der Waals surface area contributed by atoms with Crippen LogP contribution in [0.5, 0.6) is 0 Å². The first-order valence-electron chi connectivity index (χ1n) is 6.06. The van der Waals surface area contributed by atoms with Gasteiger partial charge >= 0.3 is 0 Å². The fourth-order valence-electron chi connectivity index (χ4n) is 1.89. The molecule has 0 spiro atoms. The molecule has 0 aliphatic rings. The molecule has 2 heteroatoms. The second-order valence-electron chi connectivity index (χ2n) is 4.68. The topological polar surface area (TPSA) is 26.0 Å². The largest absolute Gasteiger partial charge is 0.326 e. The molecule has 2 rings (SSSR count). The van der Waals surface area contributed by atoms with E-state index < -0.39 is 0 Å². The van der Waals surface area contributed by atoms with Gasteiger partial charge in [0.1, 0.15) is 0 Å². The maximum Gasteiger partial charge on any atom is 0.0184 e. The van der Waals surface area contributed by atoms with Crippen LogP contribution in [0.4, 0.5) is 0 Å². The van der Waals surface area contributed by atoms with Gasteiger partial charge in [0, 0.05) is 17.2 Å². The lowest BCUT2D eigenvalue weighted by molar-refractivity contribution is 0.750. The molecule has 0 saturated heterocycles. The minimum atomic E-state index is 0.607. The lowest BCUT2D eigenvalue weighted by Gasteiger charge is -2.11. The molecular formula is C15H19NS. The molecule has 17 heavy (non-hydrogen) atoms. The SMILES string of the molecule is CC(C)CSc1ccc(CN)c2ccccc12. The predicted octanol–water partition coefficient (Wildman–Crippen LogP) is 4.05. The number of benzene rings is 2. The van der Waals surface area contributed by atoms with Crippen LogP contribution in [0.2, 0.25) is 0 Å². The smallest absolute Gasteiger partial charge is 0.0184 e. The van der Waals surface area contributed by atoms with E-state index in [1.54, 1.807) is 0 Å². The summed E-state index contributed by atoms with van der Waals surface area (Å²) in [5, 5.41) is 2.63. The average Bonchev–Trinajstić information content (AvgIpc) is 2.35. The third-order valence-corrected chi connectivity index (χ3v) is 4.27. The zero-order chi connectivity index (χ0) is 12.3. The molecule has 2 N–H and O–H groups in total. The Kier molecular flexibility index (Phi) is 4.08. The van der Waals surface area contributed by atoms with Gasteiger partial charge in [0.2, 0.25) is 0 Å². The normalized spacial score (nSPS) is 11.3. The summed E-state index contributed by atoms with van der Waals surface area (Å²) in [5.41, 5.74) is 7.01. The van der Waals surface area contributed by atoms with Crippen molar-refractivity contribution in [3.63, 3.8) is 0 Å². The number of thioether (sulfide) groups is 1. The van der Waals surface area contributed by atoms with Crippen LogP contribution < -0.4 is 5.73 Å². The van der Waals surface area contributed by atoms with Gasteiger partial charge < -0.3 is 5.73 Å². The molecule has 0 saturated carbocycles. The fourth-order valence-corrected chi connectivity index (χ4v) is 2.90. The van der Waals surface area contributed by atoms with Gasteiger partial charge in [-0.1, -0.05) is 44.2 Å². The minimum absolute atomic E-state index is 0.607. The maximum absolute atomic E-state index is 5.78. The number of hydrogen-bond donors (Lipinski definition) is 1. The molecule has 0 unspecified atom stereocenters. The van der Waals surface area contributed by atoms with Crippen LogP contribution in [-0.4, -0.2) is 5.75 Å². The maximum atomic E-state index is 5.78. The number of nitrogens with two attached hydrogens (primary N) is 1. The van der Waals surface area contributed by atoms with Gasteiger partial charge in [-0.2, -0.15) is 0 Å². The second-order valence-corrected chi connectivity index (χ2v) is 5.74. The molecule has 0 heterocycles. The Balaban J connectivity index is 2.43. The van der Waals surface area contributed by atoms with Gasteiger partial charge in [0.15, 0.2) is 0 Å². The Labute approximate surface area is 107 Å². The van der Waals surface area contributed by atoms with Crippen molar-refractivity contribution in [2.24, 2.45) is 11.7 Å². The molecule has 0 radical (unpaired) electrons. The highest BCUT2D eigenvalue weighted by atomic mass is 32.2. The van der Waals surface area contributed by atoms with Crippen molar-refractivity contribution < 1.29 is 0 Å². The van der Waals surface area contributed by atoms with Crippen LogP contribution in [0, 0.1) is 5.92 Å². The van der Waals surface area contributed by atoms with E-state index in [1.807, 2.05) is 11.8 Å². The Morgan fingerprint density at radius 2 is 1.76 bits per heavy atom. The first kappa shape index (κ1) is 12.5. The van der Waals surface area contributed by atoms with Crippen molar-refractivity contribution in [2.45, 2.75) is 25.3 Å². The molecule has 0 atom stereocenters. The Morgan fingerprint density at radius 3 is 2.41 bits per heavy atom. The highest BCUT2D eigenvalue weighted by Gasteiger charge is 2.05. The second kappa shape index (κ2) is 5.56. The van der Waals surface area contributed by atoms with Gasteiger partial charge in [-0.25, -0.2) is 0 Å². The van der Waals surface area contributed by atoms with Crippen LogP contribution in [0.3, 0.4) is 0 Å². The summed E-state index contributed by atoms with van der Waals surface area (Å²) in [7, 11) is 0. The molecule has 0 bridgehead atoms. The molecule has 0 aliphatic carbocycles. The van der Waals surface area contributed by atoms with Gasteiger partial charge in [0.05, 0.1) is 0 Å². The van der Waals surface area contributed by atoms with E-state index in [0.29, 0.717) is 12.5 Å². The first-order chi connectivity index (χ1) is 8.22. The molecule has 1 nitrogen and oxygen atoms in total. The van der Waals surface area contributed by atoms with E-state index in [0.717, 1.165) is 5.75 Å². The van der Waals surface area contributed by atoms with Crippen LogP contribution in [-0.2, 0) is 6.54 Å². The van der Waals surface area contributed by atoms with E-state index in [9.17, 15) is 0 Å². The van der Waals surface area contributed by atoms with Crippen molar-refractivity contribution >= 4 is 22.5 Å². The monoisotopic (exact) mass is 245 g/mol. The molecule has 2 aromatic rings. The lowest BCUT2D eigenvalue weighted by Crippen LogP contribution is -1.98. The van der Waals surface area contributed by atoms with E-state index in [-0.39, 0.29) is 0 Å². The summed E-state index contributed by atoms with van der Waals surface area (Å²) >= 11 is 1.94. The molecule has 0 fully saturated rings. The summed E-state index contributed by atoms with van der Waals surface area (Å²) in [5.74, 6) is 1.87. The highest BCUT2D eigenvalue weighted by Crippen LogP contribution is 2.31. The van der Waals surface area contributed by atoms with Gasteiger partial charge in [-0.3, -0.25) is 0 Å². The highest BCUT2D eigenvalue weighted by molar-refractivity contribution is 7.99. The summed E-state index contributed by atoms with van der Waals surface area (Å²) in [4.78, 5) is 1.37. The first-order valence-corrected chi connectivity index (χ1v) is 7.04. The van der Waals surface area contributed by atoms with Crippen LogP contribution in [0.25, 0.3) is 10.8 Å². The molecular weight excluding hydrogens is 226 g/mol.